The molecule has 0 spiro atoms. The minimum Gasteiger partial charge on any atom is -0.496 e. The van der Waals surface area contributed by atoms with E-state index in [4.69, 9.17) is 24.3 Å². The molecule has 0 bridgehead atoms. The van der Waals surface area contributed by atoms with Gasteiger partial charge in [-0.3, -0.25) is 15.1 Å². The fraction of sp³-hybridized carbons (Fsp3) is 0.318. The van der Waals surface area contributed by atoms with Crippen molar-refractivity contribution in [3.8, 4) is 17.2 Å². The highest BCUT2D eigenvalue weighted by atomic mass is 32.2. The first-order valence-electron chi connectivity index (χ1n) is 9.90. The van der Waals surface area contributed by atoms with E-state index in [0.717, 1.165) is 17.4 Å². The average Bonchev–Trinajstić information content (AvgIpc) is 2.81. The SMILES string of the molecule is CCCSC1=NN2C(=c3ccccc3=NC2c2c(OC)cc(OC)cc2OC)C(=O)N1. The third kappa shape index (κ3) is 3.81. The summed E-state index contributed by atoms with van der Waals surface area (Å²) in [4.78, 5) is 18.1. The van der Waals surface area contributed by atoms with Crippen molar-refractivity contribution < 1.29 is 19.0 Å². The molecule has 2 aromatic carbocycles. The Labute approximate surface area is 184 Å². The molecule has 2 aliphatic rings. The number of methoxy groups -OCH3 is 3. The highest BCUT2D eigenvalue weighted by molar-refractivity contribution is 8.13. The molecular weight excluding hydrogens is 416 g/mol. The zero-order valence-electron chi connectivity index (χ0n) is 17.8. The van der Waals surface area contributed by atoms with Crippen molar-refractivity contribution in [3.05, 3.63) is 52.5 Å². The first-order chi connectivity index (χ1) is 15.1. The molecular formula is C22H24N4O4S. The third-order valence-electron chi connectivity index (χ3n) is 4.97. The molecule has 1 N–H and O–H groups in total. The molecule has 1 amide bonds. The van der Waals surface area contributed by atoms with E-state index in [1.807, 2.05) is 24.3 Å². The average molecular weight is 441 g/mol. The summed E-state index contributed by atoms with van der Waals surface area (Å²) in [6, 6.07) is 11.1. The number of thioether (sulfide) groups is 1. The van der Waals surface area contributed by atoms with Crippen LogP contribution >= 0.6 is 11.8 Å². The van der Waals surface area contributed by atoms with Gasteiger partial charge in [0.25, 0.3) is 5.91 Å². The van der Waals surface area contributed by atoms with E-state index in [-0.39, 0.29) is 5.91 Å². The van der Waals surface area contributed by atoms with Crippen LogP contribution in [-0.4, -0.2) is 43.2 Å². The number of hydrazone groups is 1. The number of para-hydroxylation sites is 1. The molecule has 2 heterocycles. The Morgan fingerprint density at radius 2 is 1.81 bits per heavy atom. The normalized spacial score (nSPS) is 17.1. The number of carbonyl (C=O) groups excluding carboxylic acids is 1. The van der Waals surface area contributed by atoms with Gasteiger partial charge in [0, 0.05) is 23.1 Å². The molecule has 2 aromatic rings. The second-order valence-electron chi connectivity index (χ2n) is 6.87. The van der Waals surface area contributed by atoms with Crippen LogP contribution in [0.5, 0.6) is 17.2 Å². The summed E-state index contributed by atoms with van der Waals surface area (Å²) in [6.07, 6.45) is 0.316. The summed E-state index contributed by atoms with van der Waals surface area (Å²) < 4.78 is 16.7. The first-order valence-corrected chi connectivity index (χ1v) is 10.9. The van der Waals surface area contributed by atoms with Crippen LogP contribution in [0, 0.1) is 0 Å². The predicted octanol–water partition coefficient (Wildman–Crippen LogP) is 2.00. The van der Waals surface area contributed by atoms with E-state index in [1.54, 1.807) is 38.5 Å². The third-order valence-corrected chi connectivity index (χ3v) is 6.04. The van der Waals surface area contributed by atoms with Gasteiger partial charge in [0.2, 0.25) is 0 Å². The minimum absolute atomic E-state index is 0.215. The van der Waals surface area contributed by atoms with Crippen molar-refractivity contribution in [1.82, 2.24) is 10.3 Å². The Balaban J connectivity index is 1.97. The van der Waals surface area contributed by atoms with Gasteiger partial charge < -0.3 is 14.2 Å². The summed E-state index contributed by atoms with van der Waals surface area (Å²) in [6.45, 7) is 2.08. The summed E-state index contributed by atoms with van der Waals surface area (Å²) >= 11 is 1.50. The zero-order chi connectivity index (χ0) is 22.0. The van der Waals surface area contributed by atoms with Crippen LogP contribution in [0.4, 0.5) is 0 Å². The molecule has 1 atom stereocenters. The van der Waals surface area contributed by atoms with Gasteiger partial charge in [0.05, 0.1) is 32.3 Å². The van der Waals surface area contributed by atoms with Gasteiger partial charge >= 0.3 is 0 Å². The summed E-state index contributed by atoms with van der Waals surface area (Å²) in [5.41, 5.74) is 1.10. The quantitative estimate of drug-likeness (QED) is 0.740. The van der Waals surface area contributed by atoms with Gasteiger partial charge in [-0.25, -0.2) is 5.01 Å². The monoisotopic (exact) mass is 440 g/mol. The van der Waals surface area contributed by atoms with Crippen LogP contribution < -0.4 is 30.1 Å². The minimum atomic E-state index is -0.649. The number of nitrogens with one attached hydrogen (secondary N) is 1. The number of rotatable bonds is 6. The Morgan fingerprint density at radius 1 is 1.10 bits per heavy atom. The van der Waals surface area contributed by atoms with Crippen LogP contribution in [0.15, 0.2) is 46.5 Å². The number of hydrogen-bond donors (Lipinski definition) is 1. The molecule has 0 aliphatic carbocycles. The standard InChI is InChI=1S/C22H24N4O4S/c1-5-10-31-22-24-21(27)19-14-8-6-7-9-15(14)23-20(26(19)25-22)18-16(29-3)11-13(28-2)12-17(18)30-4/h6-9,11-12,20H,5,10H2,1-4H3,(H,24,25,27). The molecule has 2 aliphatic heterocycles. The smallest absolute Gasteiger partial charge is 0.276 e. The lowest BCUT2D eigenvalue weighted by Crippen LogP contribution is -2.50. The molecule has 162 valence electrons. The van der Waals surface area contributed by atoms with E-state index < -0.39 is 6.17 Å². The fourth-order valence-corrected chi connectivity index (χ4v) is 4.27. The van der Waals surface area contributed by atoms with Crippen molar-refractivity contribution in [2.24, 2.45) is 10.1 Å². The topological polar surface area (TPSA) is 84.8 Å². The second kappa shape index (κ2) is 8.89. The van der Waals surface area contributed by atoms with Crippen molar-refractivity contribution in [2.75, 3.05) is 27.1 Å². The number of amidine groups is 1. The van der Waals surface area contributed by atoms with Crippen molar-refractivity contribution >= 4 is 28.5 Å². The van der Waals surface area contributed by atoms with E-state index in [2.05, 4.69) is 12.2 Å². The molecule has 4 rings (SSSR count). The lowest BCUT2D eigenvalue weighted by atomic mass is 10.1. The number of benzene rings is 2. The second-order valence-corrected chi connectivity index (χ2v) is 7.95. The summed E-state index contributed by atoms with van der Waals surface area (Å²) in [5.74, 6) is 2.29. The summed E-state index contributed by atoms with van der Waals surface area (Å²) in [7, 11) is 4.74. The fourth-order valence-electron chi connectivity index (χ4n) is 3.57. The predicted molar refractivity (Wildman–Crippen MR) is 120 cm³/mol. The van der Waals surface area contributed by atoms with Gasteiger partial charge in [-0.2, -0.15) is 0 Å². The van der Waals surface area contributed by atoms with Gasteiger partial charge in [-0.15, -0.1) is 5.10 Å². The van der Waals surface area contributed by atoms with Gasteiger partial charge in [-0.1, -0.05) is 36.9 Å². The number of amides is 1. The number of carbonyl (C=O) groups is 1. The van der Waals surface area contributed by atoms with Crippen LogP contribution in [0.3, 0.4) is 0 Å². The molecule has 0 fully saturated rings. The molecule has 0 saturated heterocycles. The van der Waals surface area contributed by atoms with E-state index in [0.29, 0.717) is 39.0 Å². The maximum atomic E-state index is 13.1. The maximum absolute atomic E-state index is 13.1. The lowest BCUT2D eigenvalue weighted by Gasteiger charge is -2.35. The Kier molecular flexibility index (Phi) is 6.03. The summed E-state index contributed by atoms with van der Waals surface area (Å²) in [5, 5.41) is 11.3. The van der Waals surface area contributed by atoms with Crippen molar-refractivity contribution in [1.29, 1.82) is 0 Å². The molecule has 31 heavy (non-hydrogen) atoms. The van der Waals surface area contributed by atoms with Crippen molar-refractivity contribution in [2.45, 2.75) is 19.5 Å². The number of hydrogen-bond acceptors (Lipinski definition) is 8. The lowest BCUT2D eigenvalue weighted by molar-refractivity contribution is -0.116. The van der Waals surface area contributed by atoms with Gasteiger partial charge in [0.1, 0.15) is 22.9 Å². The molecule has 0 radical (unpaired) electrons. The van der Waals surface area contributed by atoms with Crippen molar-refractivity contribution in [3.63, 3.8) is 0 Å². The molecule has 9 heteroatoms. The Bertz CT molecular complexity index is 1140. The molecule has 0 aromatic heterocycles. The van der Waals surface area contributed by atoms with E-state index in [1.165, 1.54) is 11.8 Å². The number of nitrogens with zero attached hydrogens (tertiary/aromatic N) is 3. The van der Waals surface area contributed by atoms with Crippen LogP contribution in [0.25, 0.3) is 5.70 Å². The largest absolute Gasteiger partial charge is 0.496 e. The first kappa shape index (κ1) is 21.0. The number of ether oxygens (including phenoxy) is 3. The molecule has 8 nitrogen and oxygen atoms in total. The molecule has 0 saturated carbocycles. The number of fused-ring (bicyclic) bond motifs is 2. The van der Waals surface area contributed by atoms with E-state index >= 15 is 0 Å². The van der Waals surface area contributed by atoms with Gasteiger partial charge in [-0.05, 0) is 12.5 Å². The van der Waals surface area contributed by atoms with Gasteiger partial charge in [0.15, 0.2) is 11.3 Å². The van der Waals surface area contributed by atoms with Crippen LogP contribution in [0.2, 0.25) is 0 Å². The van der Waals surface area contributed by atoms with Crippen LogP contribution in [0.1, 0.15) is 25.1 Å². The van der Waals surface area contributed by atoms with E-state index in [9.17, 15) is 4.79 Å². The van der Waals surface area contributed by atoms with Crippen LogP contribution in [-0.2, 0) is 4.79 Å². The zero-order valence-corrected chi connectivity index (χ0v) is 18.7. The Hall–Kier alpha value is -3.20. The Morgan fingerprint density at radius 3 is 2.45 bits per heavy atom. The maximum Gasteiger partial charge on any atom is 0.276 e. The highest BCUT2D eigenvalue weighted by Crippen LogP contribution is 2.43. The molecule has 1 unspecified atom stereocenters. The highest BCUT2D eigenvalue weighted by Gasteiger charge is 2.37.